The standard InChI is InChI=1S/C17H10F6OS/c18-16(19,20)12-8-13(17(21,22)23)10-14(9-12)25-7-6-15(24)11-4-2-1-3-5-11/h1-10H. The van der Waals surface area contributed by atoms with E-state index in [1.54, 1.807) is 30.3 Å². The van der Waals surface area contributed by atoms with Gasteiger partial charge in [0.15, 0.2) is 5.78 Å². The molecule has 0 aliphatic rings. The molecule has 0 unspecified atom stereocenters. The van der Waals surface area contributed by atoms with E-state index in [-0.39, 0.29) is 11.0 Å². The Morgan fingerprint density at radius 3 is 1.84 bits per heavy atom. The van der Waals surface area contributed by atoms with Crippen molar-refractivity contribution in [2.45, 2.75) is 17.2 Å². The number of hydrogen-bond acceptors (Lipinski definition) is 2. The van der Waals surface area contributed by atoms with Crippen LogP contribution in [0.4, 0.5) is 26.3 Å². The predicted octanol–water partition coefficient (Wildman–Crippen LogP) is 6.21. The van der Waals surface area contributed by atoms with Gasteiger partial charge >= 0.3 is 12.4 Å². The van der Waals surface area contributed by atoms with E-state index in [9.17, 15) is 31.1 Å². The fraction of sp³-hybridized carbons (Fsp3) is 0.118. The topological polar surface area (TPSA) is 17.1 Å². The molecule has 2 rings (SSSR count). The lowest BCUT2D eigenvalue weighted by molar-refractivity contribution is -0.143. The third kappa shape index (κ3) is 5.38. The summed E-state index contributed by atoms with van der Waals surface area (Å²) in [6.45, 7) is 0. The van der Waals surface area contributed by atoms with E-state index in [1.807, 2.05) is 0 Å². The van der Waals surface area contributed by atoms with Crippen LogP contribution in [0.15, 0.2) is 64.9 Å². The molecule has 0 bridgehead atoms. The number of benzene rings is 2. The molecule has 0 radical (unpaired) electrons. The van der Waals surface area contributed by atoms with Gasteiger partial charge in [-0.3, -0.25) is 4.79 Å². The smallest absolute Gasteiger partial charge is 0.289 e. The van der Waals surface area contributed by atoms with Gasteiger partial charge in [0.1, 0.15) is 0 Å². The van der Waals surface area contributed by atoms with Crippen molar-refractivity contribution in [1.29, 1.82) is 0 Å². The summed E-state index contributed by atoms with van der Waals surface area (Å²) >= 11 is 0.603. The van der Waals surface area contributed by atoms with Crippen LogP contribution in [0.2, 0.25) is 0 Å². The summed E-state index contributed by atoms with van der Waals surface area (Å²) in [5.74, 6) is -0.406. The molecule has 132 valence electrons. The number of thioether (sulfide) groups is 1. The van der Waals surface area contributed by atoms with Crippen LogP contribution in [0.3, 0.4) is 0 Å². The molecular weight excluding hydrogens is 366 g/mol. The first kappa shape index (κ1) is 19.1. The van der Waals surface area contributed by atoms with Gasteiger partial charge in [-0.15, -0.1) is 0 Å². The molecule has 25 heavy (non-hydrogen) atoms. The maximum absolute atomic E-state index is 12.8. The zero-order valence-corrected chi connectivity index (χ0v) is 13.2. The largest absolute Gasteiger partial charge is 0.416 e. The average molecular weight is 376 g/mol. The molecule has 0 N–H and O–H groups in total. The summed E-state index contributed by atoms with van der Waals surface area (Å²) in [6.07, 6.45) is -8.71. The lowest BCUT2D eigenvalue weighted by Gasteiger charge is -2.13. The first-order chi connectivity index (χ1) is 11.6. The minimum absolute atomic E-state index is 0.0584. The Hall–Kier alpha value is -2.22. The number of carbonyl (C=O) groups is 1. The van der Waals surface area contributed by atoms with Crippen LogP contribution in [0, 0.1) is 0 Å². The molecule has 0 amide bonds. The Bertz CT molecular complexity index is 746. The molecule has 0 fully saturated rings. The Balaban J connectivity index is 2.24. The van der Waals surface area contributed by atoms with Crippen molar-refractivity contribution < 1.29 is 31.1 Å². The van der Waals surface area contributed by atoms with Crippen LogP contribution in [0.25, 0.3) is 0 Å². The highest BCUT2D eigenvalue weighted by atomic mass is 32.2. The SMILES string of the molecule is O=C(C=CSc1cc(C(F)(F)F)cc(C(F)(F)F)c1)c1ccccc1. The minimum atomic E-state index is -4.90. The summed E-state index contributed by atoms with van der Waals surface area (Å²) in [4.78, 5) is 11.6. The van der Waals surface area contributed by atoms with Crippen LogP contribution in [-0.4, -0.2) is 5.78 Å². The monoisotopic (exact) mass is 376 g/mol. The highest BCUT2D eigenvalue weighted by Crippen LogP contribution is 2.38. The Morgan fingerprint density at radius 1 is 0.840 bits per heavy atom. The van der Waals surface area contributed by atoms with E-state index in [4.69, 9.17) is 0 Å². The molecule has 0 saturated carbocycles. The second-order valence-corrected chi connectivity index (χ2v) is 5.87. The van der Waals surface area contributed by atoms with Crippen molar-refractivity contribution in [1.82, 2.24) is 0 Å². The molecule has 0 spiro atoms. The normalized spacial score (nSPS) is 12.6. The van der Waals surface area contributed by atoms with Gasteiger partial charge in [0.2, 0.25) is 0 Å². The first-order valence-electron chi connectivity index (χ1n) is 6.79. The molecule has 0 aliphatic heterocycles. The zero-order valence-electron chi connectivity index (χ0n) is 12.4. The lowest BCUT2D eigenvalue weighted by atomic mass is 10.1. The number of halogens is 6. The zero-order chi connectivity index (χ0) is 18.7. The number of carbonyl (C=O) groups excluding carboxylic acids is 1. The van der Waals surface area contributed by atoms with Crippen LogP contribution in [-0.2, 0) is 12.4 Å². The van der Waals surface area contributed by atoms with E-state index >= 15 is 0 Å². The van der Waals surface area contributed by atoms with Crippen molar-refractivity contribution >= 4 is 17.5 Å². The Morgan fingerprint density at radius 2 is 1.36 bits per heavy atom. The van der Waals surface area contributed by atoms with Crippen molar-refractivity contribution in [3.63, 3.8) is 0 Å². The summed E-state index contributed by atoms with van der Waals surface area (Å²) in [5.41, 5.74) is -2.43. The van der Waals surface area contributed by atoms with Gasteiger partial charge in [0, 0.05) is 10.5 Å². The number of hydrogen-bond donors (Lipinski definition) is 0. The third-order valence-electron chi connectivity index (χ3n) is 3.04. The van der Waals surface area contributed by atoms with Gasteiger partial charge in [0.25, 0.3) is 0 Å². The second-order valence-electron chi connectivity index (χ2n) is 4.89. The van der Waals surface area contributed by atoms with Crippen LogP contribution < -0.4 is 0 Å². The third-order valence-corrected chi connectivity index (χ3v) is 3.82. The van der Waals surface area contributed by atoms with Gasteiger partial charge in [-0.25, -0.2) is 0 Å². The van der Waals surface area contributed by atoms with E-state index in [0.29, 0.717) is 29.5 Å². The maximum Gasteiger partial charge on any atom is 0.416 e. The van der Waals surface area contributed by atoms with Crippen molar-refractivity contribution in [2.24, 2.45) is 0 Å². The van der Waals surface area contributed by atoms with E-state index in [2.05, 4.69) is 0 Å². The maximum atomic E-state index is 12.8. The molecule has 0 heterocycles. The van der Waals surface area contributed by atoms with Gasteiger partial charge in [-0.05, 0) is 29.7 Å². The fourth-order valence-corrected chi connectivity index (χ4v) is 2.61. The Kier molecular flexibility index (Phi) is 5.62. The van der Waals surface area contributed by atoms with Crippen LogP contribution in [0.5, 0.6) is 0 Å². The predicted molar refractivity (Wildman–Crippen MR) is 82.2 cm³/mol. The van der Waals surface area contributed by atoms with Gasteiger partial charge in [0.05, 0.1) is 11.1 Å². The molecule has 0 aromatic heterocycles. The molecule has 0 saturated heterocycles. The molecule has 2 aromatic rings. The second kappa shape index (κ2) is 7.35. The summed E-state index contributed by atoms with van der Waals surface area (Å²) in [5, 5.41) is 1.16. The summed E-state index contributed by atoms with van der Waals surface area (Å²) in [7, 11) is 0. The van der Waals surface area contributed by atoms with Crippen molar-refractivity contribution in [3.8, 4) is 0 Å². The molecule has 8 heteroatoms. The van der Waals surface area contributed by atoms with Gasteiger partial charge in [-0.1, -0.05) is 42.1 Å². The first-order valence-corrected chi connectivity index (χ1v) is 7.67. The van der Waals surface area contributed by atoms with Crippen LogP contribution >= 0.6 is 11.8 Å². The highest BCUT2D eigenvalue weighted by Gasteiger charge is 2.36. The fourth-order valence-electron chi connectivity index (χ4n) is 1.87. The molecule has 0 aliphatic carbocycles. The molecule has 0 atom stereocenters. The van der Waals surface area contributed by atoms with Crippen molar-refractivity contribution in [3.05, 3.63) is 76.7 Å². The van der Waals surface area contributed by atoms with Gasteiger partial charge in [-0.2, -0.15) is 26.3 Å². The quantitative estimate of drug-likeness (QED) is 0.273. The number of alkyl halides is 6. The van der Waals surface area contributed by atoms with E-state index in [0.717, 1.165) is 11.5 Å². The Labute approximate surface area is 143 Å². The van der Waals surface area contributed by atoms with Crippen molar-refractivity contribution in [2.75, 3.05) is 0 Å². The minimum Gasteiger partial charge on any atom is -0.289 e. The number of allylic oxidation sites excluding steroid dienone is 1. The van der Waals surface area contributed by atoms with E-state index in [1.165, 1.54) is 0 Å². The molecule has 1 nitrogen and oxygen atoms in total. The van der Waals surface area contributed by atoms with E-state index < -0.39 is 29.3 Å². The van der Waals surface area contributed by atoms with Crippen LogP contribution in [0.1, 0.15) is 21.5 Å². The number of ketones is 1. The van der Waals surface area contributed by atoms with Gasteiger partial charge < -0.3 is 0 Å². The number of rotatable bonds is 4. The highest BCUT2D eigenvalue weighted by molar-refractivity contribution is 8.02. The molecular formula is C17H10F6OS. The molecule has 2 aromatic carbocycles. The average Bonchev–Trinajstić information content (AvgIpc) is 2.53. The summed E-state index contributed by atoms with van der Waals surface area (Å²) in [6, 6.07) is 9.34. The lowest BCUT2D eigenvalue weighted by Crippen LogP contribution is -2.10. The summed E-state index contributed by atoms with van der Waals surface area (Å²) < 4.78 is 76.6.